The topological polar surface area (TPSA) is 72.2 Å². The molecule has 22 heavy (non-hydrogen) atoms. The fraction of sp³-hybridized carbons (Fsp3) is 0.133. The van der Waals surface area contributed by atoms with Gasteiger partial charge in [0.05, 0.1) is 10.7 Å². The fourth-order valence-electron chi connectivity index (χ4n) is 1.71. The van der Waals surface area contributed by atoms with Gasteiger partial charge in [0.2, 0.25) is 5.91 Å². The smallest absolute Gasteiger partial charge is 0.269 e. The molecule has 2 aromatic carbocycles. The first-order valence-electron chi connectivity index (χ1n) is 6.41. The van der Waals surface area contributed by atoms with Crippen LogP contribution in [0.25, 0.3) is 0 Å². The molecule has 114 valence electrons. The molecule has 1 N–H and O–H groups in total. The molecule has 5 nitrogen and oxygen atoms in total. The first-order chi connectivity index (χ1) is 10.5. The summed E-state index contributed by atoms with van der Waals surface area (Å²) in [5.74, 6) is 0.873. The number of hydrogen-bond acceptors (Lipinski definition) is 4. The van der Waals surface area contributed by atoms with Crippen LogP contribution in [0.4, 0.5) is 11.4 Å². The number of nitro benzene ring substituents is 1. The summed E-state index contributed by atoms with van der Waals surface area (Å²) >= 11 is 7.29. The molecule has 0 unspecified atom stereocenters. The summed E-state index contributed by atoms with van der Waals surface area (Å²) < 4.78 is 0. The number of carbonyl (C=O) groups is 1. The average Bonchev–Trinajstić information content (AvgIpc) is 2.50. The largest absolute Gasteiger partial charge is 0.325 e. The van der Waals surface area contributed by atoms with E-state index in [1.807, 2.05) is 24.3 Å². The van der Waals surface area contributed by atoms with Crippen LogP contribution in [-0.2, 0) is 10.5 Å². The van der Waals surface area contributed by atoms with E-state index in [0.717, 1.165) is 5.56 Å². The highest BCUT2D eigenvalue weighted by Gasteiger charge is 2.06. The van der Waals surface area contributed by atoms with Gasteiger partial charge in [-0.25, -0.2) is 0 Å². The molecule has 0 atom stereocenters. The molecule has 7 heteroatoms. The molecule has 0 radical (unpaired) electrons. The molecule has 1 amide bonds. The van der Waals surface area contributed by atoms with Gasteiger partial charge in [-0.2, -0.15) is 0 Å². The Morgan fingerprint density at radius 1 is 1.14 bits per heavy atom. The number of non-ortho nitro benzene ring substituents is 1. The van der Waals surface area contributed by atoms with E-state index in [1.165, 1.54) is 36.0 Å². The molecule has 0 heterocycles. The maximum Gasteiger partial charge on any atom is 0.269 e. The number of thioether (sulfide) groups is 1. The lowest BCUT2D eigenvalue weighted by Gasteiger charge is -2.05. The third-order valence-electron chi connectivity index (χ3n) is 2.78. The number of amides is 1. The monoisotopic (exact) mass is 336 g/mol. The van der Waals surface area contributed by atoms with Gasteiger partial charge >= 0.3 is 0 Å². The predicted octanol–water partition coefficient (Wildman–Crippen LogP) is 4.12. The van der Waals surface area contributed by atoms with Crippen LogP contribution < -0.4 is 5.32 Å². The summed E-state index contributed by atoms with van der Waals surface area (Å²) in [4.78, 5) is 21.8. The van der Waals surface area contributed by atoms with E-state index < -0.39 is 4.92 Å². The zero-order valence-electron chi connectivity index (χ0n) is 11.5. The Kier molecular flexibility index (Phi) is 5.80. The van der Waals surface area contributed by atoms with Gasteiger partial charge in [0, 0.05) is 28.6 Å². The summed E-state index contributed by atoms with van der Waals surface area (Å²) in [5.41, 5.74) is 1.63. The van der Waals surface area contributed by atoms with Gasteiger partial charge in [0.1, 0.15) is 0 Å². The van der Waals surface area contributed by atoms with E-state index in [-0.39, 0.29) is 11.6 Å². The lowest BCUT2D eigenvalue weighted by Crippen LogP contribution is -2.14. The van der Waals surface area contributed by atoms with Gasteiger partial charge < -0.3 is 5.32 Å². The highest BCUT2D eigenvalue weighted by molar-refractivity contribution is 7.99. The number of rotatable bonds is 6. The van der Waals surface area contributed by atoms with Crippen molar-refractivity contribution in [2.45, 2.75) is 5.75 Å². The second-order valence-electron chi connectivity index (χ2n) is 4.47. The van der Waals surface area contributed by atoms with Crippen molar-refractivity contribution < 1.29 is 9.72 Å². The normalized spacial score (nSPS) is 10.2. The van der Waals surface area contributed by atoms with Crippen LogP contribution in [0.5, 0.6) is 0 Å². The number of hydrogen-bond donors (Lipinski definition) is 1. The van der Waals surface area contributed by atoms with Crippen LogP contribution in [0.2, 0.25) is 5.02 Å². The van der Waals surface area contributed by atoms with Gasteiger partial charge in [-0.1, -0.05) is 23.7 Å². The Hall–Kier alpha value is -2.05. The van der Waals surface area contributed by atoms with Crippen LogP contribution in [0, 0.1) is 10.1 Å². The Balaban J connectivity index is 1.77. The van der Waals surface area contributed by atoms with Crippen molar-refractivity contribution in [3.05, 3.63) is 69.2 Å². The Morgan fingerprint density at radius 2 is 1.77 bits per heavy atom. The number of benzene rings is 2. The van der Waals surface area contributed by atoms with Crippen LogP contribution in [0.15, 0.2) is 48.5 Å². The van der Waals surface area contributed by atoms with Crippen molar-refractivity contribution in [1.29, 1.82) is 0 Å². The molecule has 0 aliphatic heterocycles. The summed E-state index contributed by atoms with van der Waals surface area (Å²) in [6, 6.07) is 13.2. The molecular formula is C15H13ClN2O3S. The van der Waals surface area contributed by atoms with Gasteiger partial charge in [-0.15, -0.1) is 11.8 Å². The van der Waals surface area contributed by atoms with Gasteiger partial charge in [0.25, 0.3) is 5.69 Å². The van der Waals surface area contributed by atoms with Crippen LogP contribution in [0.3, 0.4) is 0 Å². The minimum Gasteiger partial charge on any atom is -0.325 e. The first kappa shape index (κ1) is 16.3. The van der Waals surface area contributed by atoms with Crippen molar-refractivity contribution in [3.8, 4) is 0 Å². The minimum atomic E-state index is -0.479. The molecule has 0 saturated heterocycles. The maximum absolute atomic E-state index is 11.8. The summed E-state index contributed by atoms with van der Waals surface area (Å²) in [7, 11) is 0. The molecule has 0 aliphatic rings. The molecular weight excluding hydrogens is 324 g/mol. The van der Waals surface area contributed by atoms with Crippen LogP contribution in [-0.4, -0.2) is 16.6 Å². The second-order valence-corrected chi connectivity index (χ2v) is 5.89. The molecule has 2 aromatic rings. The molecule has 0 aromatic heterocycles. The number of nitrogens with zero attached hydrogens (tertiary/aromatic N) is 1. The van der Waals surface area contributed by atoms with Crippen molar-refractivity contribution in [2.24, 2.45) is 0 Å². The Morgan fingerprint density at radius 3 is 2.36 bits per heavy atom. The zero-order chi connectivity index (χ0) is 15.9. The van der Waals surface area contributed by atoms with E-state index in [1.54, 1.807) is 0 Å². The third-order valence-corrected chi connectivity index (χ3v) is 4.03. The van der Waals surface area contributed by atoms with E-state index in [0.29, 0.717) is 22.2 Å². The van der Waals surface area contributed by atoms with Crippen molar-refractivity contribution in [1.82, 2.24) is 0 Å². The number of anilines is 1. The number of nitrogens with one attached hydrogen (secondary N) is 1. The van der Waals surface area contributed by atoms with Crippen molar-refractivity contribution in [3.63, 3.8) is 0 Å². The van der Waals surface area contributed by atoms with Crippen molar-refractivity contribution >= 4 is 40.6 Å². The first-order valence-corrected chi connectivity index (χ1v) is 7.94. The standard InChI is InChI=1S/C15H13ClN2O3S/c16-12-3-1-11(2-4-12)9-22-10-15(19)17-13-5-7-14(8-6-13)18(20)21/h1-8H,9-10H2,(H,17,19). The highest BCUT2D eigenvalue weighted by Crippen LogP contribution is 2.17. The van der Waals surface area contributed by atoms with E-state index in [2.05, 4.69) is 5.32 Å². The average molecular weight is 337 g/mol. The Labute approximate surface area is 136 Å². The molecule has 2 rings (SSSR count). The lowest BCUT2D eigenvalue weighted by molar-refractivity contribution is -0.384. The van der Waals surface area contributed by atoms with E-state index in [9.17, 15) is 14.9 Å². The van der Waals surface area contributed by atoms with E-state index >= 15 is 0 Å². The SMILES string of the molecule is O=C(CSCc1ccc(Cl)cc1)Nc1ccc([N+](=O)[O-])cc1. The number of nitro groups is 1. The summed E-state index contributed by atoms with van der Waals surface area (Å²) in [5, 5.41) is 13.9. The van der Waals surface area contributed by atoms with Gasteiger partial charge in [0.15, 0.2) is 0 Å². The highest BCUT2D eigenvalue weighted by atomic mass is 35.5. The van der Waals surface area contributed by atoms with E-state index in [4.69, 9.17) is 11.6 Å². The number of halogens is 1. The third kappa shape index (κ3) is 5.05. The summed E-state index contributed by atoms with van der Waals surface area (Å²) in [6.07, 6.45) is 0. The molecule has 0 aliphatic carbocycles. The summed E-state index contributed by atoms with van der Waals surface area (Å²) in [6.45, 7) is 0. The van der Waals surface area contributed by atoms with Crippen LogP contribution >= 0.6 is 23.4 Å². The Bertz CT molecular complexity index is 659. The lowest BCUT2D eigenvalue weighted by atomic mass is 10.2. The van der Waals surface area contributed by atoms with Gasteiger partial charge in [-0.3, -0.25) is 14.9 Å². The maximum atomic E-state index is 11.8. The molecule has 0 saturated carbocycles. The number of carbonyl (C=O) groups excluding carboxylic acids is 1. The molecule has 0 spiro atoms. The predicted molar refractivity (Wildman–Crippen MR) is 89.3 cm³/mol. The second kappa shape index (κ2) is 7.82. The van der Waals surface area contributed by atoms with Crippen LogP contribution in [0.1, 0.15) is 5.56 Å². The molecule has 0 bridgehead atoms. The minimum absolute atomic E-state index is 0.00453. The zero-order valence-corrected chi connectivity index (χ0v) is 13.1. The van der Waals surface area contributed by atoms with Gasteiger partial charge in [-0.05, 0) is 29.8 Å². The molecule has 0 fully saturated rings. The van der Waals surface area contributed by atoms with Crippen molar-refractivity contribution in [2.75, 3.05) is 11.1 Å². The quantitative estimate of drug-likeness (QED) is 0.636. The fourth-order valence-corrected chi connectivity index (χ4v) is 2.62.